The fourth-order valence-corrected chi connectivity index (χ4v) is 6.86. The zero-order valence-electron chi connectivity index (χ0n) is 20.7. The lowest BCUT2D eigenvalue weighted by Gasteiger charge is -2.41. The Morgan fingerprint density at radius 2 is 2.11 bits per heavy atom. The predicted molar refractivity (Wildman–Crippen MR) is 136 cm³/mol. The van der Waals surface area contributed by atoms with Crippen molar-refractivity contribution in [2.75, 3.05) is 32.6 Å². The topological polar surface area (TPSA) is 100.0 Å². The highest BCUT2D eigenvalue weighted by molar-refractivity contribution is 7.91. The molecule has 36 heavy (non-hydrogen) atoms. The quantitative estimate of drug-likeness (QED) is 0.475. The van der Waals surface area contributed by atoms with Crippen molar-refractivity contribution in [3.63, 3.8) is 0 Å². The van der Waals surface area contributed by atoms with Gasteiger partial charge in [0.05, 0.1) is 43.0 Å². The van der Waals surface area contributed by atoms with Crippen LogP contribution in [0.25, 0.3) is 16.9 Å². The third-order valence-corrected chi connectivity index (χ3v) is 9.13. The van der Waals surface area contributed by atoms with Crippen LogP contribution in [0.3, 0.4) is 0 Å². The number of hydrogen-bond donors (Lipinski definition) is 0. The number of carbonyl (C=O) groups is 1. The van der Waals surface area contributed by atoms with Gasteiger partial charge in [-0.25, -0.2) is 13.1 Å². The van der Waals surface area contributed by atoms with E-state index in [4.69, 9.17) is 19.3 Å². The molecule has 11 heteroatoms. The zero-order chi connectivity index (χ0) is 25.7. The Morgan fingerprint density at radius 1 is 1.31 bits per heavy atom. The van der Waals surface area contributed by atoms with E-state index >= 15 is 0 Å². The molecule has 0 unspecified atom stereocenters. The number of fused-ring (bicyclic) bond motifs is 3. The molecule has 192 valence electrons. The van der Waals surface area contributed by atoms with Crippen molar-refractivity contribution in [1.29, 1.82) is 0 Å². The first kappa shape index (κ1) is 24.8. The van der Waals surface area contributed by atoms with E-state index in [-0.39, 0.29) is 28.9 Å². The lowest BCUT2D eigenvalue weighted by Crippen LogP contribution is -2.55. The molecular formula is C25H29N3O6S2. The minimum atomic E-state index is -3.60. The van der Waals surface area contributed by atoms with Gasteiger partial charge in [-0.3, -0.25) is 4.79 Å². The molecule has 1 aromatic carbocycles. The van der Waals surface area contributed by atoms with Gasteiger partial charge in [0, 0.05) is 29.1 Å². The molecule has 2 aliphatic rings. The highest BCUT2D eigenvalue weighted by atomic mass is 32.2. The molecule has 1 saturated heterocycles. The lowest BCUT2D eigenvalue weighted by molar-refractivity contribution is -0.0374. The number of nitrogens with zero attached hydrogens (tertiary/aromatic N) is 3. The van der Waals surface area contributed by atoms with E-state index in [1.54, 1.807) is 21.7 Å². The van der Waals surface area contributed by atoms with Crippen molar-refractivity contribution in [2.24, 2.45) is 0 Å². The predicted octanol–water partition coefficient (Wildman–Crippen LogP) is 3.94. The van der Waals surface area contributed by atoms with Crippen LogP contribution in [-0.2, 0) is 21.2 Å². The van der Waals surface area contributed by atoms with E-state index in [2.05, 4.69) is 0 Å². The molecule has 0 saturated carbocycles. The van der Waals surface area contributed by atoms with E-state index in [9.17, 15) is 13.2 Å². The highest BCUT2D eigenvalue weighted by Crippen LogP contribution is 2.45. The number of methoxy groups -OCH3 is 1. The van der Waals surface area contributed by atoms with Crippen molar-refractivity contribution < 1.29 is 27.4 Å². The van der Waals surface area contributed by atoms with Crippen LogP contribution in [0, 0.1) is 0 Å². The second-order valence-corrected chi connectivity index (χ2v) is 12.4. The molecule has 0 N–H and O–H groups in total. The number of hydrogen-bond acceptors (Lipinski definition) is 8. The second kappa shape index (κ2) is 9.20. The van der Waals surface area contributed by atoms with Gasteiger partial charge in [0.15, 0.2) is 15.5 Å². The summed E-state index contributed by atoms with van der Waals surface area (Å²) in [5, 5.41) is 8.65. The number of amides is 1. The van der Waals surface area contributed by atoms with Gasteiger partial charge in [-0.05, 0) is 37.8 Å². The smallest absolute Gasteiger partial charge is 0.275 e. The summed E-state index contributed by atoms with van der Waals surface area (Å²) in [5.41, 5.74) is 2.44. The first-order valence-electron chi connectivity index (χ1n) is 11.8. The standard InChI is InChI=1S/C25H29N3O6S2/c1-5-10-36(30,31)21-11-17-19(12-20(21)32-4)34-13-18-22(24(29)27-7-8-33-15-25(27,2)3)26-28(23(17)18)16-6-9-35-14-16/h6,9,11-12,14H,5,7-8,10,13,15H2,1-4H3. The largest absolute Gasteiger partial charge is 0.495 e. The molecule has 0 bridgehead atoms. The number of rotatable bonds is 6. The van der Waals surface area contributed by atoms with Gasteiger partial charge in [0.25, 0.3) is 5.91 Å². The third kappa shape index (κ3) is 4.08. The Labute approximate surface area is 214 Å². The van der Waals surface area contributed by atoms with Crippen molar-refractivity contribution >= 4 is 27.1 Å². The van der Waals surface area contributed by atoms with Gasteiger partial charge >= 0.3 is 0 Å². The highest BCUT2D eigenvalue weighted by Gasteiger charge is 2.39. The molecule has 5 rings (SSSR count). The Hall–Kier alpha value is -2.89. The molecule has 1 amide bonds. The number of aromatic nitrogens is 2. The Morgan fingerprint density at radius 3 is 2.78 bits per heavy atom. The monoisotopic (exact) mass is 531 g/mol. The van der Waals surface area contributed by atoms with Crippen LogP contribution in [0.4, 0.5) is 0 Å². The minimum Gasteiger partial charge on any atom is -0.495 e. The summed E-state index contributed by atoms with van der Waals surface area (Å²) < 4.78 is 45.0. The minimum absolute atomic E-state index is 0.00446. The average molecular weight is 532 g/mol. The van der Waals surface area contributed by atoms with Crippen molar-refractivity contribution in [1.82, 2.24) is 14.7 Å². The molecule has 9 nitrogen and oxygen atoms in total. The van der Waals surface area contributed by atoms with Crippen LogP contribution in [0.15, 0.2) is 33.9 Å². The molecule has 0 atom stereocenters. The summed E-state index contributed by atoms with van der Waals surface area (Å²) in [5.74, 6) is 0.513. The van der Waals surface area contributed by atoms with Gasteiger partial charge in [-0.2, -0.15) is 16.4 Å². The number of thiophene rings is 1. The molecule has 4 heterocycles. The van der Waals surface area contributed by atoms with Crippen LogP contribution >= 0.6 is 11.3 Å². The Balaban J connectivity index is 1.72. The molecule has 0 aliphatic carbocycles. The second-order valence-electron chi connectivity index (χ2n) is 9.50. The van der Waals surface area contributed by atoms with E-state index in [0.29, 0.717) is 54.4 Å². The lowest BCUT2D eigenvalue weighted by atomic mass is 9.99. The van der Waals surface area contributed by atoms with Gasteiger partial charge in [-0.1, -0.05) is 6.92 Å². The SMILES string of the molecule is CCCS(=O)(=O)c1cc2c(cc1OC)OCc1c(C(=O)N3CCOCC3(C)C)nn(-c3ccsc3)c1-2. The van der Waals surface area contributed by atoms with E-state index in [0.717, 1.165) is 5.69 Å². The zero-order valence-corrected chi connectivity index (χ0v) is 22.4. The number of ether oxygens (including phenoxy) is 3. The number of morpholine rings is 1. The Bertz CT molecular complexity index is 1410. The first-order chi connectivity index (χ1) is 17.2. The van der Waals surface area contributed by atoms with Crippen molar-refractivity contribution in [2.45, 2.75) is 44.2 Å². The molecule has 0 radical (unpaired) electrons. The molecule has 1 fully saturated rings. The number of benzene rings is 1. The van der Waals surface area contributed by atoms with Crippen molar-refractivity contribution in [3.05, 3.63) is 40.2 Å². The number of carbonyl (C=O) groups excluding carboxylic acids is 1. The third-order valence-electron chi connectivity index (χ3n) is 6.53. The van der Waals surface area contributed by atoms with E-state index in [1.807, 2.05) is 37.6 Å². The Kier molecular flexibility index (Phi) is 6.34. The molecule has 2 aromatic heterocycles. The molecule has 0 spiro atoms. The van der Waals surface area contributed by atoms with Crippen LogP contribution in [0.5, 0.6) is 11.5 Å². The molecular weight excluding hydrogens is 502 g/mol. The maximum atomic E-state index is 13.8. The first-order valence-corrected chi connectivity index (χ1v) is 14.4. The summed E-state index contributed by atoms with van der Waals surface area (Å²) in [4.78, 5) is 15.7. The fraction of sp³-hybridized carbons (Fsp3) is 0.440. The van der Waals surface area contributed by atoms with Crippen LogP contribution in [-0.4, -0.2) is 67.2 Å². The van der Waals surface area contributed by atoms with E-state index in [1.165, 1.54) is 18.4 Å². The van der Waals surface area contributed by atoms with Crippen LogP contribution in [0.2, 0.25) is 0 Å². The maximum absolute atomic E-state index is 13.8. The van der Waals surface area contributed by atoms with Gasteiger partial charge < -0.3 is 19.1 Å². The molecule has 3 aromatic rings. The van der Waals surface area contributed by atoms with Crippen molar-refractivity contribution in [3.8, 4) is 28.4 Å². The summed E-state index contributed by atoms with van der Waals surface area (Å²) in [6.07, 6.45) is 0.477. The van der Waals surface area contributed by atoms with E-state index < -0.39 is 15.4 Å². The number of sulfone groups is 1. The van der Waals surface area contributed by atoms with Crippen LogP contribution in [0.1, 0.15) is 43.2 Å². The summed E-state index contributed by atoms with van der Waals surface area (Å²) in [7, 11) is -2.15. The summed E-state index contributed by atoms with van der Waals surface area (Å²) >= 11 is 1.51. The van der Waals surface area contributed by atoms with Gasteiger partial charge in [0.2, 0.25) is 0 Å². The summed E-state index contributed by atoms with van der Waals surface area (Å²) in [6.45, 7) is 7.23. The molecule has 2 aliphatic heterocycles. The average Bonchev–Trinajstić information content (AvgIpc) is 3.50. The fourth-order valence-electron chi connectivity index (χ4n) is 4.74. The summed E-state index contributed by atoms with van der Waals surface area (Å²) in [6, 6.07) is 5.12. The van der Waals surface area contributed by atoms with Crippen LogP contribution < -0.4 is 9.47 Å². The maximum Gasteiger partial charge on any atom is 0.275 e. The normalized spacial score (nSPS) is 16.7. The van der Waals surface area contributed by atoms with Gasteiger partial charge in [-0.15, -0.1) is 0 Å². The van der Waals surface area contributed by atoms with Gasteiger partial charge in [0.1, 0.15) is 23.0 Å².